The van der Waals surface area contributed by atoms with E-state index in [-0.39, 0.29) is 23.8 Å². The van der Waals surface area contributed by atoms with Gasteiger partial charge in [-0.25, -0.2) is 9.78 Å². The first kappa shape index (κ1) is 25.6. The van der Waals surface area contributed by atoms with E-state index >= 15 is 0 Å². The van der Waals surface area contributed by atoms with Gasteiger partial charge in [-0.1, -0.05) is 24.3 Å². The van der Waals surface area contributed by atoms with Crippen molar-refractivity contribution in [3.8, 4) is 11.6 Å². The van der Waals surface area contributed by atoms with Crippen LogP contribution in [0.4, 0.5) is 18.9 Å². The summed E-state index contributed by atoms with van der Waals surface area (Å²) in [5.41, 5.74) is 1.64. The van der Waals surface area contributed by atoms with E-state index in [4.69, 9.17) is 9.47 Å². The molecular formula is C27H28F3N5O3. The van der Waals surface area contributed by atoms with Crippen molar-refractivity contribution >= 4 is 16.7 Å². The second-order valence-corrected chi connectivity index (χ2v) is 9.26. The number of ether oxygens (including phenoxy) is 2. The summed E-state index contributed by atoms with van der Waals surface area (Å²) < 4.78 is 55.3. The van der Waals surface area contributed by atoms with Crippen LogP contribution in [0.25, 0.3) is 11.0 Å². The molecule has 3 heterocycles. The molecule has 2 aromatic carbocycles. The zero-order valence-electron chi connectivity index (χ0n) is 21.3. The van der Waals surface area contributed by atoms with E-state index in [0.717, 1.165) is 17.4 Å². The summed E-state index contributed by atoms with van der Waals surface area (Å²) in [6.07, 6.45) is -1.78. The molecule has 200 valence electrons. The standard InChI is InChI=1S/C27H28F3N5O3/c1-17-23(25(38-3)32-16-31-17)33-13-11-19(12-14-33)35-21-9-6-10-22(37-2)24(21)34(26(35)36)15-18-7-4-5-8-20(18)27(28,29)30/h4-10,16,19H,11-15H2,1-3H3. The highest BCUT2D eigenvalue weighted by atomic mass is 19.4. The third kappa shape index (κ3) is 4.46. The van der Waals surface area contributed by atoms with Crippen LogP contribution < -0.4 is 20.1 Å². The molecule has 0 radical (unpaired) electrons. The maximum absolute atomic E-state index is 13.9. The van der Waals surface area contributed by atoms with Gasteiger partial charge in [-0.15, -0.1) is 0 Å². The number of aromatic nitrogens is 4. The molecule has 0 bridgehead atoms. The highest BCUT2D eigenvalue weighted by Gasteiger charge is 2.34. The molecule has 0 atom stereocenters. The molecule has 0 saturated carbocycles. The summed E-state index contributed by atoms with van der Waals surface area (Å²) in [7, 11) is 3.05. The van der Waals surface area contributed by atoms with Crippen LogP contribution in [0.3, 0.4) is 0 Å². The second kappa shape index (κ2) is 10.0. The molecule has 0 aliphatic carbocycles. The average molecular weight is 528 g/mol. The molecule has 1 fully saturated rings. The highest BCUT2D eigenvalue weighted by Crippen LogP contribution is 2.36. The number of hydrogen-bond acceptors (Lipinski definition) is 6. The summed E-state index contributed by atoms with van der Waals surface area (Å²) in [5, 5.41) is 0. The minimum absolute atomic E-state index is 0.0218. The third-order valence-electron chi connectivity index (χ3n) is 7.13. The van der Waals surface area contributed by atoms with E-state index in [1.54, 1.807) is 29.9 Å². The molecule has 1 aliphatic heterocycles. The van der Waals surface area contributed by atoms with E-state index in [0.29, 0.717) is 48.6 Å². The van der Waals surface area contributed by atoms with Crippen molar-refractivity contribution in [2.75, 3.05) is 32.2 Å². The lowest BCUT2D eigenvalue weighted by atomic mass is 10.0. The van der Waals surface area contributed by atoms with Crippen molar-refractivity contribution in [1.82, 2.24) is 19.1 Å². The quantitative estimate of drug-likeness (QED) is 0.358. The van der Waals surface area contributed by atoms with Gasteiger partial charge in [0.25, 0.3) is 0 Å². The Hall–Kier alpha value is -4.02. The van der Waals surface area contributed by atoms with Crippen molar-refractivity contribution in [1.29, 1.82) is 0 Å². The number of imidazole rings is 1. The SMILES string of the molecule is COc1ncnc(C)c1N1CCC(n2c(=O)n(Cc3ccccc3C(F)(F)F)c3c(OC)cccc32)CC1. The Morgan fingerprint density at radius 3 is 2.42 bits per heavy atom. The number of anilines is 1. The van der Waals surface area contributed by atoms with Crippen molar-refractivity contribution < 1.29 is 22.6 Å². The number of aryl methyl sites for hydroxylation is 1. The van der Waals surface area contributed by atoms with E-state index in [9.17, 15) is 18.0 Å². The zero-order valence-corrected chi connectivity index (χ0v) is 21.3. The molecule has 0 spiro atoms. The van der Waals surface area contributed by atoms with Gasteiger partial charge in [0.05, 0.1) is 37.5 Å². The molecule has 38 heavy (non-hydrogen) atoms. The molecule has 8 nitrogen and oxygen atoms in total. The molecule has 1 aliphatic rings. The van der Waals surface area contributed by atoms with E-state index in [1.807, 2.05) is 13.0 Å². The Morgan fingerprint density at radius 1 is 1.00 bits per heavy atom. The number of hydrogen-bond donors (Lipinski definition) is 0. The fourth-order valence-corrected chi connectivity index (χ4v) is 5.38. The number of nitrogens with zero attached hydrogens (tertiary/aromatic N) is 5. The number of para-hydroxylation sites is 1. The molecule has 0 N–H and O–H groups in total. The Bertz CT molecular complexity index is 1520. The molecule has 5 rings (SSSR count). The van der Waals surface area contributed by atoms with E-state index < -0.39 is 11.7 Å². The molecule has 4 aromatic rings. The van der Waals surface area contributed by atoms with Crippen LogP contribution in [-0.4, -0.2) is 46.4 Å². The topological polar surface area (TPSA) is 74.4 Å². The smallest absolute Gasteiger partial charge is 0.416 e. The Labute approximate surface area is 217 Å². The molecule has 1 saturated heterocycles. The van der Waals surface area contributed by atoms with Crippen LogP contribution >= 0.6 is 0 Å². The van der Waals surface area contributed by atoms with Gasteiger partial charge in [-0.3, -0.25) is 9.13 Å². The van der Waals surface area contributed by atoms with Gasteiger partial charge in [-0.2, -0.15) is 18.2 Å². The van der Waals surface area contributed by atoms with Gasteiger partial charge in [0.2, 0.25) is 5.88 Å². The van der Waals surface area contributed by atoms with Crippen LogP contribution in [0.2, 0.25) is 0 Å². The van der Waals surface area contributed by atoms with Gasteiger partial charge in [0.1, 0.15) is 23.3 Å². The largest absolute Gasteiger partial charge is 0.494 e. The fourth-order valence-electron chi connectivity index (χ4n) is 5.38. The number of fused-ring (bicyclic) bond motifs is 1. The van der Waals surface area contributed by atoms with Crippen molar-refractivity contribution in [2.24, 2.45) is 0 Å². The minimum Gasteiger partial charge on any atom is -0.494 e. The Morgan fingerprint density at radius 2 is 1.74 bits per heavy atom. The lowest BCUT2D eigenvalue weighted by Crippen LogP contribution is -2.38. The maximum Gasteiger partial charge on any atom is 0.416 e. The third-order valence-corrected chi connectivity index (χ3v) is 7.13. The first-order valence-corrected chi connectivity index (χ1v) is 12.3. The predicted molar refractivity (Wildman–Crippen MR) is 137 cm³/mol. The normalized spacial score (nSPS) is 14.7. The summed E-state index contributed by atoms with van der Waals surface area (Å²) in [5.74, 6) is 0.930. The number of methoxy groups -OCH3 is 2. The lowest BCUT2D eigenvalue weighted by molar-refractivity contribution is -0.138. The average Bonchev–Trinajstić information content (AvgIpc) is 3.19. The molecular weight excluding hydrogens is 499 g/mol. The fraction of sp³-hybridized carbons (Fsp3) is 0.370. The molecule has 0 unspecified atom stereocenters. The molecule has 11 heteroatoms. The van der Waals surface area contributed by atoms with Crippen LogP contribution in [0, 0.1) is 6.92 Å². The van der Waals surface area contributed by atoms with Gasteiger partial charge in [0, 0.05) is 19.1 Å². The summed E-state index contributed by atoms with van der Waals surface area (Å²) >= 11 is 0. The summed E-state index contributed by atoms with van der Waals surface area (Å²) in [6, 6.07) is 10.5. The molecule has 0 amide bonds. The zero-order chi connectivity index (χ0) is 27.0. The first-order chi connectivity index (χ1) is 18.2. The van der Waals surface area contributed by atoms with Crippen LogP contribution in [0.5, 0.6) is 11.6 Å². The van der Waals surface area contributed by atoms with Crippen molar-refractivity contribution in [2.45, 2.75) is 38.5 Å². The van der Waals surface area contributed by atoms with Gasteiger partial charge < -0.3 is 14.4 Å². The van der Waals surface area contributed by atoms with Crippen molar-refractivity contribution in [3.05, 3.63) is 76.1 Å². The Kier molecular flexibility index (Phi) is 6.77. The van der Waals surface area contributed by atoms with Crippen LogP contribution in [-0.2, 0) is 12.7 Å². The lowest BCUT2D eigenvalue weighted by Gasteiger charge is -2.34. The minimum atomic E-state index is -4.53. The maximum atomic E-state index is 13.9. The number of rotatable bonds is 6. The van der Waals surface area contributed by atoms with Gasteiger partial charge >= 0.3 is 11.9 Å². The first-order valence-electron chi connectivity index (χ1n) is 12.3. The van der Waals surface area contributed by atoms with E-state index in [2.05, 4.69) is 14.9 Å². The van der Waals surface area contributed by atoms with Crippen LogP contribution in [0.1, 0.15) is 35.7 Å². The monoisotopic (exact) mass is 527 g/mol. The van der Waals surface area contributed by atoms with E-state index in [1.165, 1.54) is 30.1 Å². The van der Waals surface area contributed by atoms with Crippen molar-refractivity contribution in [3.63, 3.8) is 0 Å². The number of halogens is 3. The number of alkyl halides is 3. The molecule has 2 aromatic heterocycles. The number of benzene rings is 2. The van der Waals surface area contributed by atoms with Gasteiger partial charge in [-0.05, 0) is 43.5 Å². The van der Waals surface area contributed by atoms with Crippen LogP contribution in [0.15, 0.2) is 53.6 Å². The highest BCUT2D eigenvalue weighted by molar-refractivity contribution is 5.83. The predicted octanol–water partition coefficient (Wildman–Crippen LogP) is 4.83. The number of piperidine rings is 1. The summed E-state index contributed by atoms with van der Waals surface area (Å²) in [6.45, 7) is 2.94. The summed E-state index contributed by atoms with van der Waals surface area (Å²) in [4.78, 5) is 24.5. The second-order valence-electron chi connectivity index (χ2n) is 9.26. The Balaban J connectivity index is 1.54. The van der Waals surface area contributed by atoms with Gasteiger partial charge in [0.15, 0.2) is 0 Å².